The van der Waals surface area contributed by atoms with Crippen LogP contribution in [0.2, 0.25) is 0 Å². The van der Waals surface area contributed by atoms with Crippen LogP contribution in [0.3, 0.4) is 0 Å². The minimum atomic E-state index is 0.451. The SMILES string of the molecule is ClC1CC(CNCC2CCCc3ccccc32)C1. The summed E-state index contributed by atoms with van der Waals surface area (Å²) in [5.41, 5.74) is 3.15. The van der Waals surface area contributed by atoms with Gasteiger partial charge in [-0.05, 0) is 61.6 Å². The maximum absolute atomic E-state index is 6.01. The molecular weight excluding hydrogens is 242 g/mol. The van der Waals surface area contributed by atoms with E-state index in [1.165, 1.54) is 32.1 Å². The lowest BCUT2D eigenvalue weighted by Gasteiger charge is -2.32. The van der Waals surface area contributed by atoms with Gasteiger partial charge in [0.05, 0.1) is 0 Å². The fraction of sp³-hybridized carbons (Fsp3) is 0.625. The van der Waals surface area contributed by atoms with Crippen LogP contribution >= 0.6 is 11.6 Å². The number of aryl methyl sites for hydroxylation is 1. The quantitative estimate of drug-likeness (QED) is 0.817. The second-order valence-electron chi connectivity index (χ2n) is 5.88. The van der Waals surface area contributed by atoms with Crippen LogP contribution in [0.4, 0.5) is 0 Å². The second-order valence-corrected chi connectivity index (χ2v) is 6.50. The molecule has 1 aromatic carbocycles. The third kappa shape index (κ3) is 2.73. The van der Waals surface area contributed by atoms with Gasteiger partial charge in [0.25, 0.3) is 0 Å². The topological polar surface area (TPSA) is 12.0 Å². The van der Waals surface area contributed by atoms with E-state index in [0.717, 1.165) is 24.9 Å². The highest BCUT2D eigenvalue weighted by atomic mass is 35.5. The van der Waals surface area contributed by atoms with Crippen molar-refractivity contribution >= 4 is 11.6 Å². The summed E-state index contributed by atoms with van der Waals surface area (Å²) in [5, 5.41) is 4.11. The van der Waals surface area contributed by atoms with Gasteiger partial charge < -0.3 is 5.32 Å². The molecule has 1 atom stereocenters. The Morgan fingerprint density at radius 1 is 1.17 bits per heavy atom. The predicted molar refractivity (Wildman–Crippen MR) is 77.4 cm³/mol. The number of hydrogen-bond donors (Lipinski definition) is 1. The van der Waals surface area contributed by atoms with Gasteiger partial charge in [0.2, 0.25) is 0 Å². The third-order valence-corrected chi connectivity index (χ3v) is 4.85. The predicted octanol–water partition coefficient (Wildman–Crippen LogP) is 3.71. The van der Waals surface area contributed by atoms with Crippen LogP contribution < -0.4 is 5.32 Å². The molecule has 0 radical (unpaired) electrons. The van der Waals surface area contributed by atoms with Gasteiger partial charge in [-0.25, -0.2) is 0 Å². The van der Waals surface area contributed by atoms with E-state index in [2.05, 4.69) is 29.6 Å². The summed E-state index contributed by atoms with van der Waals surface area (Å²) in [6, 6.07) is 8.97. The Morgan fingerprint density at radius 3 is 2.83 bits per heavy atom. The van der Waals surface area contributed by atoms with Crippen molar-refractivity contribution in [2.75, 3.05) is 13.1 Å². The first-order valence-electron chi connectivity index (χ1n) is 7.25. The van der Waals surface area contributed by atoms with Gasteiger partial charge in [-0.15, -0.1) is 11.6 Å². The standard InChI is InChI=1S/C16H22ClN/c17-15-8-12(9-15)10-18-11-14-6-3-5-13-4-1-2-7-16(13)14/h1-2,4,7,12,14-15,18H,3,5-6,8-11H2. The molecule has 0 amide bonds. The summed E-state index contributed by atoms with van der Waals surface area (Å²) >= 11 is 6.01. The Hall–Kier alpha value is -0.530. The first kappa shape index (κ1) is 12.5. The summed E-state index contributed by atoms with van der Waals surface area (Å²) in [5.74, 6) is 1.55. The van der Waals surface area contributed by atoms with Gasteiger partial charge >= 0.3 is 0 Å². The second kappa shape index (κ2) is 5.63. The number of nitrogens with one attached hydrogen (secondary N) is 1. The first-order chi connectivity index (χ1) is 8.83. The lowest BCUT2D eigenvalue weighted by Crippen LogP contribution is -2.35. The van der Waals surface area contributed by atoms with Crippen LogP contribution in [-0.2, 0) is 6.42 Å². The Morgan fingerprint density at radius 2 is 2.00 bits per heavy atom. The molecule has 3 rings (SSSR count). The highest BCUT2D eigenvalue weighted by molar-refractivity contribution is 6.21. The lowest BCUT2D eigenvalue weighted by atomic mass is 9.82. The average molecular weight is 264 g/mol. The van der Waals surface area contributed by atoms with Crippen molar-refractivity contribution in [3.8, 4) is 0 Å². The molecule has 1 unspecified atom stereocenters. The number of hydrogen-bond acceptors (Lipinski definition) is 1. The van der Waals surface area contributed by atoms with Gasteiger partial charge in [-0.3, -0.25) is 0 Å². The monoisotopic (exact) mass is 263 g/mol. The van der Waals surface area contributed by atoms with Crippen molar-refractivity contribution in [1.82, 2.24) is 5.32 Å². The summed E-state index contributed by atoms with van der Waals surface area (Å²) < 4.78 is 0. The van der Waals surface area contributed by atoms with E-state index >= 15 is 0 Å². The summed E-state index contributed by atoms with van der Waals surface area (Å²) in [7, 11) is 0. The molecule has 2 aliphatic carbocycles. The zero-order valence-corrected chi connectivity index (χ0v) is 11.6. The molecule has 1 fully saturated rings. The molecule has 2 heteroatoms. The number of rotatable bonds is 4. The van der Waals surface area contributed by atoms with Crippen molar-refractivity contribution in [2.24, 2.45) is 5.92 Å². The molecule has 1 nitrogen and oxygen atoms in total. The highest BCUT2D eigenvalue weighted by Gasteiger charge is 2.27. The van der Waals surface area contributed by atoms with Gasteiger partial charge in [0.1, 0.15) is 0 Å². The average Bonchev–Trinajstić information content (AvgIpc) is 2.37. The summed E-state index contributed by atoms with van der Waals surface area (Å²) in [6.45, 7) is 2.29. The Bertz CT molecular complexity index is 398. The van der Waals surface area contributed by atoms with E-state index in [1.807, 2.05) is 0 Å². The van der Waals surface area contributed by atoms with Gasteiger partial charge in [0.15, 0.2) is 0 Å². The number of fused-ring (bicyclic) bond motifs is 1. The Kier molecular flexibility index (Phi) is 3.91. The van der Waals surface area contributed by atoms with E-state index in [0.29, 0.717) is 5.38 Å². The van der Waals surface area contributed by atoms with Crippen molar-refractivity contribution in [1.29, 1.82) is 0 Å². The van der Waals surface area contributed by atoms with E-state index < -0.39 is 0 Å². The molecule has 1 N–H and O–H groups in total. The summed E-state index contributed by atoms with van der Waals surface area (Å²) in [6.07, 6.45) is 6.36. The minimum Gasteiger partial charge on any atom is -0.316 e. The molecule has 0 aliphatic heterocycles. The zero-order valence-electron chi connectivity index (χ0n) is 10.9. The number of benzene rings is 1. The van der Waals surface area contributed by atoms with Gasteiger partial charge in [0, 0.05) is 11.9 Å². The van der Waals surface area contributed by atoms with Gasteiger partial charge in [-0.2, -0.15) is 0 Å². The molecule has 98 valence electrons. The highest BCUT2D eigenvalue weighted by Crippen LogP contribution is 2.33. The van der Waals surface area contributed by atoms with Crippen molar-refractivity contribution in [2.45, 2.75) is 43.4 Å². The fourth-order valence-electron chi connectivity index (χ4n) is 3.35. The van der Waals surface area contributed by atoms with Crippen LogP contribution in [0.25, 0.3) is 0 Å². The molecule has 0 spiro atoms. The molecular formula is C16H22ClN. The number of alkyl halides is 1. The fourth-order valence-corrected chi connectivity index (χ4v) is 3.85. The Balaban J connectivity index is 1.51. The van der Waals surface area contributed by atoms with Gasteiger partial charge in [-0.1, -0.05) is 24.3 Å². The number of halogens is 1. The van der Waals surface area contributed by atoms with Crippen LogP contribution in [0, 0.1) is 5.92 Å². The zero-order chi connectivity index (χ0) is 12.4. The molecule has 0 saturated heterocycles. The first-order valence-corrected chi connectivity index (χ1v) is 7.69. The molecule has 2 aliphatic rings. The van der Waals surface area contributed by atoms with E-state index in [1.54, 1.807) is 11.1 Å². The van der Waals surface area contributed by atoms with Crippen molar-refractivity contribution < 1.29 is 0 Å². The van der Waals surface area contributed by atoms with Crippen LogP contribution in [0.1, 0.15) is 42.7 Å². The lowest BCUT2D eigenvalue weighted by molar-refractivity contribution is 0.304. The van der Waals surface area contributed by atoms with E-state index in [9.17, 15) is 0 Å². The molecule has 1 saturated carbocycles. The van der Waals surface area contributed by atoms with Crippen LogP contribution in [-0.4, -0.2) is 18.5 Å². The van der Waals surface area contributed by atoms with E-state index in [-0.39, 0.29) is 0 Å². The van der Waals surface area contributed by atoms with Crippen molar-refractivity contribution in [3.05, 3.63) is 35.4 Å². The normalized spacial score (nSPS) is 30.6. The summed E-state index contributed by atoms with van der Waals surface area (Å²) in [4.78, 5) is 0. The molecule has 0 aromatic heterocycles. The molecule has 0 bridgehead atoms. The maximum atomic E-state index is 6.01. The van der Waals surface area contributed by atoms with E-state index in [4.69, 9.17) is 11.6 Å². The molecule has 18 heavy (non-hydrogen) atoms. The van der Waals surface area contributed by atoms with Crippen molar-refractivity contribution in [3.63, 3.8) is 0 Å². The largest absolute Gasteiger partial charge is 0.316 e. The Labute approximate surface area is 115 Å². The van der Waals surface area contributed by atoms with Crippen LogP contribution in [0.5, 0.6) is 0 Å². The minimum absolute atomic E-state index is 0.451. The molecule has 1 aromatic rings. The third-order valence-electron chi connectivity index (χ3n) is 4.50. The maximum Gasteiger partial charge on any atom is 0.0342 e. The smallest absolute Gasteiger partial charge is 0.0342 e. The van der Waals surface area contributed by atoms with Crippen LogP contribution in [0.15, 0.2) is 24.3 Å². The molecule has 0 heterocycles.